The Hall–Kier alpha value is -0.580. The van der Waals surface area contributed by atoms with Crippen molar-refractivity contribution in [3.63, 3.8) is 0 Å². The maximum absolute atomic E-state index is 12.5. The van der Waals surface area contributed by atoms with Crippen LogP contribution in [0.15, 0.2) is 0 Å². The van der Waals surface area contributed by atoms with E-state index in [0.29, 0.717) is 19.3 Å². The highest BCUT2D eigenvalue weighted by atomic mass is 32.2. The molecule has 4 nitrogen and oxygen atoms in total. The lowest BCUT2D eigenvalue weighted by Gasteiger charge is -2.56. The monoisotopic (exact) mass is 325 g/mol. The molecule has 5 fully saturated rings. The van der Waals surface area contributed by atoms with Gasteiger partial charge in [-0.3, -0.25) is 4.79 Å². The van der Waals surface area contributed by atoms with Crippen molar-refractivity contribution in [2.75, 3.05) is 11.5 Å². The van der Waals surface area contributed by atoms with E-state index in [1.54, 1.807) is 0 Å². The number of sulfone groups is 1. The first-order valence-electron chi connectivity index (χ1n) is 8.91. The van der Waals surface area contributed by atoms with Crippen LogP contribution in [0.3, 0.4) is 0 Å². The van der Waals surface area contributed by atoms with Crippen LogP contribution in [0.2, 0.25) is 0 Å². The van der Waals surface area contributed by atoms with Crippen molar-refractivity contribution in [2.45, 2.75) is 63.8 Å². The summed E-state index contributed by atoms with van der Waals surface area (Å²) in [5, 5.41) is 3.13. The summed E-state index contributed by atoms with van der Waals surface area (Å²) in [7, 11) is -2.85. The second kappa shape index (κ2) is 5.22. The number of hydrogen-bond donors (Lipinski definition) is 1. The van der Waals surface area contributed by atoms with E-state index in [2.05, 4.69) is 5.32 Å². The Bertz CT molecular complexity index is 519. The summed E-state index contributed by atoms with van der Waals surface area (Å²) >= 11 is 0. The maximum atomic E-state index is 12.5. The molecule has 5 rings (SSSR count). The van der Waals surface area contributed by atoms with Crippen LogP contribution >= 0.6 is 0 Å². The minimum atomic E-state index is -2.85. The van der Waals surface area contributed by atoms with Gasteiger partial charge in [-0.1, -0.05) is 0 Å². The smallest absolute Gasteiger partial charge is 0.220 e. The van der Waals surface area contributed by atoms with Crippen LogP contribution in [0.5, 0.6) is 0 Å². The highest BCUT2D eigenvalue weighted by Crippen LogP contribution is 2.61. The van der Waals surface area contributed by atoms with E-state index in [0.717, 1.165) is 17.8 Å². The maximum Gasteiger partial charge on any atom is 0.220 e. The molecule has 4 saturated carbocycles. The lowest BCUT2D eigenvalue weighted by Crippen LogP contribution is -2.49. The molecule has 1 N–H and O–H groups in total. The Morgan fingerprint density at radius 1 is 0.955 bits per heavy atom. The van der Waals surface area contributed by atoms with E-state index in [9.17, 15) is 13.2 Å². The molecule has 0 spiro atoms. The lowest BCUT2D eigenvalue weighted by atomic mass is 9.49. The van der Waals surface area contributed by atoms with E-state index in [1.165, 1.54) is 38.5 Å². The minimum absolute atomic E-state index is 0.0740. The first-order valence-corrected chi connectivity index (χ1v) is 10.7. The quantitative estimate of drug-likeness (QED) is 0.866. The second-order valence-corrected chi connectivity index (χ2v) is 10.9. The highest BCUT2D eigenvalue weighted by Gasteiger charge is 2.51. The number of nitrogens with one attached hydrogen (secondary N) is 1. The van der Waals surface area contributed by atoms with Crippen LogP contribution in [-0.4, -0.2) is 31.9 Å². The van der Waals surface area contributed by atoms with Crippen LogP contribution in [0, 0.1) is 23.2 Å². The van der Waals surface area contributed by atoms with Gasteiger partial charge in [-0.25, -0.2) is 8.42 Å². The standard InChI is InChI=1S/C17H27NO3S/c19-16(18-15-1-3-22(20,21)4-2-15)11-17-8-12-5-13(9-17)7-14(6-12)10-17/h12-15H,1-11H2,(H,18,19). The van der Waals surface area contributed by atoms with Gasteiger partial charge in [0.2, 0.25) is 5.91 Å². The van der Waals surface area contributed by atoms with E-state index < -0.39 is 9.84 Å². The normalized spacial score (nSPS) is 43.2. The van der Waals surface area contributed by atoms with E-state index in [4.69, 9.17) is 0 Å². The number of amides is 1. The second-order valence-electron chi connectivity index (χ2n) is 8.59. The largest absolute Gasteiger partial charge is 0.353 e. The first-order chi connectivity index (χ1) is 10.4. The summed E-state index contributed by atoms with van der Waals surface area (Å²) in [5.74, 6) is 3.26. The third kappa shape index (κ3) is 2.93. The number of carbonyl (C=O) groups excluding carboxylic acids is 1. The molecular weight excluding hydrogens is 298 g/mol. The van der Waals surface area contributed by atoms with Crippen LogP contribution in [0.1, 0.15) is 57.8 Å². The molecule has 0 aromatic heterocycles. The van der Waals surface area contributed by atoms with E-state index in [-0.39, 0.29) is 28.9 Å². The van der Waals surface area contributed by atoms with Crippen molar-refractivity contribution >= 4 is 15.7 Å². The van der Waals surface area contributed by atoms with Gasteiger partial charge >= 0.3 is 0 Å². The predicted octanol–water partition coefficient (Wildman–Crippen LogP) is 2.29. The molecule has 0 radical (unpaired) electrons. The molecule has 5 heteroatoms. The van der Waals surface area contributed by atoms with Crippen molar-refractivity contribution in [1.82, 2.24) is 5.32 Å². The SMILES string of the molecule is O=C(CC12CC3CC(CC(C3)C1)C2)NC1CCS(=O)(=O)CC1. The summed E-state index contributed by atoms with van der Waals surface area (Å²) in [4.78, 5) is 12.5. The highest BCUT2D eigenvalue weighted by molar-refractivity contribution is 7.91. The average Bonchev–Trinajstić information content (AvgIpc) is 2.39. The molecular formula is C17H27NO3S. The summed E-state index contributed by atoms with van der Waals surface area (Å²) < 4.78 is 22.9. The molecule has 0 unspecified atom stereocenters. The van der Waals surface area contributed by atoms with Gasteiger partial charge < -0.3 is 5.32 Å². The molecule has 4 aliphatic carbocycles. The van der Waals surface area contributed by atoms with Gasteiger partial charge in [0.05, 0.1) is 11.5 Å². The molecule has 1 aliphatic heterocycles. The topological polar surface area (TPSA) is 63.2 Å². The molecule has 1 saturated heterocycles. The number of hydrogen-bond acceptors (Lipinski definition) is 3. The Balaban J connectivity index is 1.35. The van der Waals surface area contributed by atoms with Gasteiger partial charge in [0.25, 0.3) is 0 Å². The van der Waals surface area contributed by atoms with Gasteiger partial charge in [-0.15, -0.1) is 0 Å². The van der Waals surface area contributed by atoms with Crippen LogP contribution in [0.4, 0.5) is 0 Å². The Morgan fingerprint density at radius 2 is 1.45 bits per heavy atom. The zero-order valence-electron chi connectivity index (χ0n) is 13.2. The number of rotatable bonds is 3. The number of carbonyl (C=O) groups is 1. The molecule has 1 amide bonds. The fraction of sp³-hybridized carbons (Fsp3) is 0.941. The van der Waals surface area contributed by atoms with Crippen molar-refractivity contribution < 1.29 is 13.2 Å². The summed E-state index contributed by atoms with van der Waals surface area (Å²) in [6.07, 6.45) is 9.84. The minimum Gasteiger partial charge on any atom is -0.353 e. The Kier molecular flexibility index (Phi) is 3.55. The molecule has 0 atom stereocenters. The Labute approximate surface area is 133 Å². The first kappa shape index (κ1) is 15.0. The van der Waals surface area contributed by atoms with Crippen molar-refractivity contribution in [3.8, 4) is 0 Å². The fourth-order valence-corrected chi connectivity index (χ4v) is 7.65. The van der Waals surface area contributed by atoms with Crippen LogP contribution in [0.25, 0.3) is 0 Å². The van der Waals surface area contributed by atoms with E-state index >= 15 is 0 Å². The molecule has 4 bridgehead atoms. The zero-order valence-corrected chi connectivity index (χ0v) is 14.0. The summed E-state index contributed by atoms with van der Waals surface area (Å²) in [6.45, 7) is 0. The molecule has 5 aliphatic rings. The summed E-state index contributed by atoms with van der Waals surface area (Å²) in [5.41, 5.74) is 0.277. The fourth-order valence-electron chi connectivity index (χ4n) is 6.16. The van der Waals surface area contributed by atoms with Gasteiger partial charge in [0.1, 0.15) is 9.84 Å². The molecule has 0 aromatic rings. The van der Waals surface area contributed by atoms with Crippen molar-refractivity contribution in [2.24, 2.45) is 23.2 Å². The van der Waals surface area contributed by atoms with Crippen molar-refractivity contribution in [1.29, 1.82) is 0 Å². The molecule has 22 heavy (non-hydrogen) atoms. The van der Waals surface area contributed by atoms with E-state index in [1.807, 2.05) is 0 Å². The molecule has 0 aromatic carbocycles. The lowest BCUT2D eigenvalue weighted by molar-refractivity contribution is -0.130. The third-order valence-corrected chi connectivity index (χ3v) is 8.34. The third-order valence-electron chi connectivity index (χ3n) is 6.62. The predicted molar refractivity (Wildman–Crippen MR) is 85.0 cm³/mol. The molecule has 1 heterocycles. The van der Waals surface area contributed by atoms with Gasteiger partial charge in [0, 0.05) is 12.5 Å². The average molecular weight is 325 g/mol. The van der Waals surface area contributed by atoms with Gasteiger partial charge in [-0.2, -0.15) is 0 Å². The van der Waals surface area contributed by atoms with Gasteiger partial charge in [0.15, 0.2) is 0 Å². The van der Waals surface area contributed by atoms with Crippen LogP contribution < -0.4 is 5.32 Å². The summed E-state index contributed by atoms with van der Waals surface area (Å²) in [6, 6.07) is 0.0740. The Morgan fingerprint density at radius 3 is 1.95 bits per heavy atom. The molecule has 124 valence electrons. The van der Waals surface area contributed by atoms with Crippen LogP contribution in [-0.2, 0) is 14.6 Å². The van der Waals surface area contributed by atoms with Crippen molar-refractivity contribution in [3.05, 3.63) is 0 Å². The van der Waals surface area contributed by atoms with Gasteiger partial charge in [-0.05, 0) is 74.5 Å². The zero-order chi connectivity index (χ0) is 15.4.